The Morgan fingerprint density at radius 1 is 1.00 bits per heavy atom. The molecule has 0 heterocycles. The highest BCUT2D eigenvalue weighted by atomic mass is 16.6. The molecule has 0 bridgehead atoms. The van der Waals surface area contributed by atoms with Crippen LogP contribution in [0.5, 0.6) is 11.5 Å². The molecule has 6 nitrogen and oxygen atoms in total. The van der Waals surface area contributed by atoms with Crippen LogP contribution in [0.1, 0.15) is 36.2 Å². The number of hydrogen-bond donors (Lipinski definition) is 0. The van der Waals surface area contributed by atoms with Crippen LogP contribution >= 0.6 is 0 Å². The highest BCUT2D eigenvalue weighted by Gasteiger charge is 2.15. The van der Waals surface area contributed by atoms with Gasteiger partial charge in [-0.25, -0.2) is 9.59 Å². The first kappa shape index (κ1) is 19.9. The van der Waals surface area contributed by atoms with E-state index < -0.39 is 17.9 Å². The molecule has 0 spiro atoms. The molecule has 6 heteroatoms. The van der Waals surface area contributed by atoms with Crippen molar-refractivity contribution < 1.29 is 28.6 Å². The van der Waals surface area contributed by atoms with Gasteiger partial charge in [0.15, 0.2) is 0 Å². The molecular weight excluding hydrogens is 348 g/mol. The van der Waals surface area contributed by atoms with Crippen molar-refractivity contribution in [3.8, 4) is 11.5 Å². The predicted octanol–water partition coefficient (Wildman–Crippen LogP) is 3.80. The van der Waals surface area contributed by atoms with E-state index >= 15 is 0 Å². The molecule has 0 amide bonds. The molecule has 0 unspecified atom stereocenters. The van der Waals surface area contributed by atoms with Crippen molar-refractivity contribution in [1.82, 2.24) is 0 Å². The van der Waals surface area contributed by atoms with E-state index in [9.17, 15) is 14.4 Å². The number of esters is 3. The topological polar surface area (TPSA) is 78.9 Å². The summed E-state index contributed by atoms with van der Waals surface area (Å²) in [6, 6.07) is 13.0. The number of carbonyl (C=O) groups is 3. The van der Waals surface area contributed by atoms with Crippen molar-refractivity contribution in [3.05, 3.63) is 65.7 Å². The van der Waals surface area contributed by atoms with Gasteiger partial charge in [0.1, 0.15) is 17.1 Å². The number of rotatable bonds is 7. The maximum Gasteiger partial charge on any atom is 0.347 e. The second kappa shape index (κ2) is 9.91. The molecule has 0 aromatic heterocycles. The molecule has 0 radical (unpaired) electrons. The molecule has 2 rings (SSSR count). The zero-order valence-electron chi connectivity index (χ0n) is 15.1. The fourth-order valence-corrected chi connectivity index (χ4v) is 2.14. The molecule has 0 aliphatic rings. The summed E-state index contributed by atoms with van der Waals surface area (Å²) in [5, 5.41) is 0. The monoisotopic (exact) mass is 368 g/mol. The van der Waals surface area contributed by atoms with E-state index in [1.165, 1.54) is 25.1 Å². The van der Waals surface area contributed by atoms with Gasteiger partial charge in [-0.2, -0.15) is 0 Å². The van der Waals surface area contributed by atoms with Gasteiger partial charge in [-0.1, -0.05) is 31.2 Å². The molecular formula is C21H20O6. The fourth-order valence-electron chi connectivity index (χ4n) is 2.14. The normalized spacial score (nSPS) is 10.4. The lowest BCUT2D eigenvalue weighted by molar-refractivity contribution is -0.137. The second-order valence-electron chi connectivity index (χ2n) is 5.55. The Morgan fingerprint density at radius 3 is 2.52 bits per heavy atom. The van der Waals surface area contributed by atoms with Crippen molar-refractivity contribution >= 4 is 24.0 Å². The standard InChI is InChI=1S/C21H20O6/c1-3-13-25-20(23)12-11-16-7-6-8-17(14-16)27-21(24)18-9-4-5-10-19(18)26-15(2)22/h4-12,14H,3,13H2,1-2H3/b12-11+. The summed E-state index contributed by atoms with van der Waals surface area (Å²) in [4.78, 5) is 35.1. The summed E-state index contributed by atoms with van der Waals surface area (Å²) in [7, 11) is 0. The van der Waals surface area contributed by atoms with Gasteiger partial charge in [0.05, 0.1) is 6.61 Å². The van der Waals surface area contributed by atoms with Crippen LogP contribution in [0.3, 0.4) is 0 Å². The van der Waals surface area contributed by atoms with Gasteiger partial charge >= 0.3 is 17.9 Å². The molecule has 0 N–H and O–H groups in total. The van der Waals surface area contributed by atoms with E-state index in [0.717, 1.165) is 6.42 Å². The Morgan fingerprint density at radius 2 is 1.78 bits per heavy atom. The van der Waals surface area contributed by atoms with E-state index in [-0.39, 0.29) is 11.3 Å². The molecule has 0 fully saturated rings. The maximum absolute atomic E-state index is 12.4. The quantitative estimate of drug-likeness (QED) is 0.420. The van der Waals surface area contributed by atoms with Crippen LogP contribution in [0.2, 0.25) is 0 Å². The van der Waals surface area contributed by atoms with Gasteiger partial charge in [0.25, 0.3) is 0 Å². The van der Waals surface area contributed by atoms with E-state index in [2.05, 4.69) is 0 Å². The first-order valence-corrected chi connectivity index (χ1v) is 8.44. The second-order valence-corrected chi connectivity index (χ2v) is 5.55. The molecule has 0 aliphatic carbocycles. The lowest BCUT2D eigenvalue weighted by atomic mass is 10.2. The van der Waals surface area contributed by atoms with Crippen molar-refractivity contribution in [3.63, 3.8) is 0 Å². The number of carbonyl (C=O) groups excluding carboxylic acids is 3. The average Bonchev–Trinajstić information content (AvgIpc) is 2.65. The summed E-state index contributed by atoms with van der Waals surface area (Å²) in [6.07, 6.45) is 3.63. The first-order valence-electron chi connectivity index (χ1n) is 8.44. The predicted molar refractivity (Wildman–Crippen MR) is 99.4 cm³/mol. The Bertz CT molecular complexity index is 853. The summed E-state index contributed by atoms with van der Waals surface area (Å²) >= 11 is 0. The van der Waals surface area contributed by atoms with E-state index in [1.807, 2.05) is 6.92 Å². The summed E-state index contributed by atoms with van der Waals surface area (Å²) in [5.41, 5.74) is 0.804. The number of para-hydroxylation sites is 1. The number of ether oxygens (including phenoxy) is 3. The molecule has 2 aromatic carbocycles. The zero-order valence-corrected chi connectivity index (χ0v) is 15.1. The number of hydrogen-bond acceptors (Lipinski definition) is 6. The van der Waals surface area contributed by atoms with Crippen LogP contribution in [-0.4, -0.2) is 24.5 Å². The maximum atomic E-state index is 12.4. The number of benzene rings is 2. The van der Waals surface area contributed by atoms with Crippen LogP contribution in [0, 0.1) is 0 Å². The van der Waals surface area contributed by atoms with Crippen LogP contribution in [0.25, 0.3) is 6.08 Å². The first-order chi connectivity index (χ1) is 13.0. The highest BCUT2D eigenvalue weighted by Crippen LogP contribution is 2.22. The smallest absolute Gasteiger partial charge is 0.347 e. The lowest BCUT2D eigenvalue weighted by Crippen LogP contribution is -2.12. The van der Waals surface area contributed by atoms with Crippen molar-refractivity contribution in [2.24, 2.45) is 0 Å². The van der Waals surface area contributed by atoms with Gasteiger partial charge in [-0.15, -0.1) is 0 Å². The molecule has 0 aliphatic heterocycles. The highest BCUT2D eigenvalue weighted by molar-refractivity contribution is 5.95. The van der Waals surface area contributed by atoms with E-state index in [1.54, 1.807) is 42.5 Å². The van der Waals surface area contributed by atoms with Gasteiger partial charge in [0, 0.05) is 13.0 Å². The third-order valence-corrected chi connectivity index (χ3v) is 3.29. The molecule has 0 saturated carbocycles. The summed E-state index contributed by atoms with van der Waals surface area (Å²) in [6.45, 7) is 3.53. The van der Waals surface area contributed by atoms with Gasteiger partial charge in [0.2, 0.25) is 0 Å². The molecule has 140 valence electrons. The lowest BCUT2D eigenvalue weighted by Gasteiger charge is -2.09. The summed E-state index contributed by atoms with van der Waals surface area (Å²) < 4.78 is 15.3. The third kappa shape index (κ3) is 6.43. The fraction of sp³-hybridized carbons (Fsp3) is 0.190. The minimum Gasteiger partial charge on any atom is -0.463 e. The summed E-state index contributed by atoms with van der Waals surface area (Å²) in [5.74, 6) is -1.20. The van der Waals surface area contributed by atoms with E-state index in [0.29, 0.717) is 17.9 Å². The largest absolute Gasteiger partial charge is 0.463 e. The van der Waals surface area contributed by atoms with Gasteiger partial charge < -0.3 is 14.2 Å². The zero-order chi connectivity index (χ0) is 19.6. The van der Waals surface area contributed by atoms with Crippen molar-refractivity contribution in [2.75, 3.05) is 6.61 Å². The van der Waals surface area contributed by atoms with Crippen molar-refractivity contribution in [1.29, 1.82) is 0 Å². The SMILES string of the molecule is CCCOC(=O)/C=C/c1cccc(OC(=O)c2ccccc2OC(C)=O)c1. The Labute approximate surface area is 157 Å². The molecule has 2 aromatic rings. The van der Waals surface area contributed by atoms with Crippen LogP contribution in [0.4, 0.5) is 0 Å². The van der Waals surface area contributed by atoms with Crippen LogP contribution in [0.15, 0.2) is 54.6 Å². The van der Waals surface area contributed by atoms with Crippen LogP contribution in [-0.2, 0) is 14.3 Å². The van der Waals surface area contributed by atoms with Crippen molar-refractivity contribution in [2.45, 2.75) is 20.3 Å². The van der Waals surface area contributed by atoms with Crippen LogP contribution < -0.4 is 9.47 Å². The average molecular weight is 368 g/mol. The Hall–Kier alpha value is -3.41. The molecule has 27 heavy (non-hydrogen) atoms. The Kier molecular flexibility index (Phi) is 7.31. The molecule has 0 atom stereocenters. The minimum atomic E-state index is -0.657. The van der Waals surface area contributed by atoms with E-state index in [4.69, 9.17) is 14.2 Å². The third-order valence-electron chi connectivity index (χ3n) is 3.29. The molecule has 0 saturated heterocycles. The Balaban J connectivity index is 2.10. The van der Waals surface area contributed by atoms with Gasteiger partial charge in [-0.05, 0) is 42.3 Å². The van der Waals surface area contributed by atoms with Gasteiger partial charge in [-0.3, -0.25) is 4.79 Å². The minimum absolute atomic E-state index is 0.129.